The van der Waals surface area contributed by atoms with Gasteiger partial charge in [-0.3, -0.25) is 0 Å². The van der Waals surface area contributed by atoms with Crippen molar-refractivity contribution in [3.05, 3.63) is 21.7 Å². The maximum absolute atomic E-state index is 11.2. The smallest absolute Gasteiger partial charge is 0.373 e. The summed E-state index contributed by atoms with van der Waals surface area (Å²) in [5.74, 6) is 0.622. The fourth-order valence-electron chi connectivity index (χ4n) is 2.32. The standard InChI is InChI=1S/C10H12N4O3S/c15-6-7-1-2-12(5-7)8-9(14(16)17)13-3-4-18-10(13)11-8/h3-4,7,15H,1-2,5-6H2. The van der Waals surface area contributed by atoms with Gasteiger partial charge in [-0.05, 0) is 11.3 Å². The first kappa shape index (κ1) is 11.4. The molecule has 96 valence electrons. The minimum absolute atomic E-state index is 0.0184. The monoisotopic (exact) mass is 268 g/mol. The molecular formula is C10H12N4O3S. The van der Waals surface area contributed by atoms with E-state index in [1.165, 1.54) is 15.7 Å². The van der Waals surface area contributed by atoms with Gasteiger partial charge in [-0.25, -0.2) is 0 Å². The van der Waals surface area contributed by atoms with E-state index in [1.807, 2.05) is 4.90 Å². The van der Waals surface area contributed by atoms with Gasteiger partial charge in [-0.15, -0.1) is 0 Å². The molecule has 8 heteroatoms. The molecule has 1 unspecified atom stereocenters. The van der Waals surface area contributed by atoms with Gasteiger partial charge in [-0.1, -0.05) is 11.3 Å². The van der Waals surface area contributed by atoms with Crippen molar-refractivity contribution in [3.63, 3.8) is 0 Å². The van der Waals surface area contributed by atoms with E-state index >= 15 is 0 Å². The summed E-state index contributed by atoms with van der Waals surface area (Å²) in [6.07, 6.45) is 2.51. The van der Waals surface area contributed by atoms with Crippen LogP contribution in [-0.4, -0.2) is 39.1 Å². The molecular weight excluding hydrogens is 256 g/mol. The van der Waals surface area contributed by atoms with Crippen molar-refractivity contribution in [1.82, 2.24) is 9.38 Å². The van der Waals surface area contributed by atoms with Gasteiger partial charge < -0.3 is 20.1 Å². The first-order valence-corrected chi connectivity index (χ1v) is 6.54. The van der Waals surface area contributed by atoms with Crippen LogP contribution >= 0.6 is 11.3 Å². The van der Waals surface area contributed by atoms with E-state index in [9.17, 15) is 10.1 Å². The molecule has 2 aromatic rings. The molecule has 0 aromatic carbocycles. The molecule has 0 radical (unpaired) electrons. The molecule has 18 heavy (non-hydrogen) atoms. The van der Waals surface area contributed by atoms with E-state index < -0.39 is 4.92 Å². The number of imidazole rings is 1. The highest BCUT2D eigenvalue weighted by Crippen LogP contribution is 2.33. The lowest BCUT2D eigenvalue weighted by atomic mass is 10.1. The van der Waals surface area contributed by atoms with Gasteiger partial charge in [0.1, 0.15) is 6.20 Å². The predicted octanol–water partition coefficient (Wildman–Crippen LogP) is 1.12. The van der Waals surface area contributed by atoms with Crippen LogP contribution in [0.25, 0.3) is 4.96 Å². The second-order valence-electron chi connectivity index (χ2n) is 4.35. The maximum Gasteiger partial charge on any atom is 0.373 e. The van der Waals surface area contributed by atoms with Crippen LogP contribution in [0.1, 0.15) is 6.42 Å². The summed E-state index contributed by atoms with van der Waals surface area (Å²) in [7, 11) is 0. The molecule has 7 nitrogen and oxygen atoms in total. The highest BCUT2D eigenvalue weighted by atomic mass is 32.1. The van der Waals surface area contributed by atoms with Gasteiger partial charge >= 0.3 is 5.82 Å². The molecule has 0 bridgehead atoms. The second-order valence-corrected chi connectivity index (χ2v) is 5.23. The molecule has 1 saturated heterocycles. The van der Waals surface area contributed by atoms with E-state index in [-0.39, 0.29) is 18.3 Å². The van der Waals surface area contributed by atoms with Crippen molar-refractivity contribution >= 4 is 27.9 Å². The van der Waals surface area contributed by atoms with E-state index in [0.717, 1.165) is 6.42 Å². The molecule has 0 aliphatic carbocycles. The second kappa shape index (κ2) is 4.21. The summed E-state index contributed by atoms with van der Waals surface area (Å²) in [6.45, 7) is 1.45. The molecule has 1 N–H and O–H groups in total. The molecule has 0 saturated carbocycles. The Kier molecular flexibility index (Phi) is 2.67. The van der Waals surface area contributed by atoms with Crippen LogP contribution in [0, 0.1) is 16.0 Å². The van der Waals surface area contributed by atoms with Crippen LogP contribution in [0.2, 0.25) is 0 Å². The molecule has 0 amide bonds. The fourth-order valence-corrected chi connectivity index (χ4v) is 3.02. The van der Waals surface area contributed by atoms with Crippen molar-refractivity contribution < 1.29 is 10.0 Å². The van der Waals surface area contributed by atoms with Crippen molar-refractivity contribution in [2.24, 2.45) is 5.92 Å². The number of aliphatic hydroxyl groups is 1. The molecule has 2 aromatic heterocycles. The number of aromatic nitrogens is 2. The van der Waals surface area contributed by atoms with E-state index in [0.29, 0.717) is 23.9 Å². The third-order valence-electron chi connectivity index (χ3n) is 3.24. The Balaban J connectivity index is 2.03. The number of nitro groups is 1. The Morgan fingerprint density at radius 1 is 1.67 bits per heavy atom. The van der Waals surface area contributed by atoms with Crippen LogP contribution in [0.3, 0.4) is 0 Å². The maximum atomic E-state index is 11.2. The highest BCUT2D eigenvalue weighted by molar-refractivity contribution is 7.15. The number of nitrogens with zero attached hydrogens (tertiary/aromatic N) is 4. The van der Waals surface area contributed by atoms with E-state index in [4.69, 9.17) is 5.11 Å². The van der Waals surface area contributed by atoms with Crippen LogP contribution in [0.15, 0.2) is 11.6 Å². The molecule has 1 fully saturated rings. The number of thiazole rings is 1. The van der Waals surface area contributed by atoms with Crippen molar-refractivity contribution in [2.45, 2.75) is 6.42 Å². The quantitative estimate of drug-likeness (QED) is 0.666. The van der Waals surface area contributed by atoms with Crippen LogP contribution in [0.5, 0.6) is 0 Å². The first-order valence-electron chi connectivity index (χ1n) is 5.66. The normalized spacial score (nSPS) is 19.8. The number of hydrogen-bond acceptors (Lipinski definition) is 6. The average molecular weight is 268 g/mol. The van der Waals surface area contributed by atoms with Gasteiger partial charge in [0.15, 0.2) is 0 Å². The number of anilines is 1. The highest BCUT2D eigenvalue weighted by Gasteiger charge is 2.32. The van der Waals surface area contributed by atoms with Gasteiger partial charge in [0.05, 0.1) is 0 Å². The van der Waals surface area contributed by atoms with Crippen molar-refractivity contribution in [3.8, 4) is 0 Å². The zero-order valence-electron chi connectivity index (χ0n) is 9.52. The van der Waals surface area contributed by atoms with Crippen molar-refractivity contribution in [2.75, 3.05) is 24.6 Å². The van der Waals surface area contributed by atoms with Gasteiger partial charge in [0, 0.05) is 31.0 Å². The zero-order valence-corrected chi connectivity index (χ0v) is 10.3. The van der Waals surface area contributed by atoms with Crippen LogP contribution in [0.4, 0.5) is 11.6 Å². The largest absolute Gasteiger partial charge is 0.396 e. The molecule has 1 atom stereocenters. The molecule has 0 spiro atoms. The lowest BCUT2D eigenvalue weighted by molar-refractivity contribution is -0.389. The minimum Gasteiger partial charge on any atom is -0.396 e. The summed E-state index contributed by atoms with van der Waals surface area (Å²) < 4.78 is 1.51. The number of fused-ring (bicyclic) bond motifs is 1. The minimum atomic E-state index is -0.395. The van der Waals surface area contributed by atoms with Crippen LogP contribution < -0.4 is 4.90 Å². The van der Waals surface area contributed by atoms with E-state index in [2.05, 4.69) is 4.98 Å². The lowest BCUT2D eigenvalue weighted by Crippen LogP contribution is -2.22. The number of rotatable bonds is 3. The SMILES string of the molecule is O=[N+]([O-])c1c(N2CCC(CO)C2)nc2sccn12. The summed E-state index contributed by atoms with van der Waals surface area (Å²) in [5.41, 5.74) is 0. The Hall–Kier alpha value is -1.67. The molecule has 1 aliphatic heterocycles. The van der Waals surface area contributed by atoms with Crippen molar-refractivity contribution in [1.29, 1.82) is 0 Å². The topological polar surface area (TPSA) is 83.9 Å². The Morgan fingerprint density at radius 2 is 2.50 bits per heavy atom. The Labute approximate surface area is 106 Å². The first-order chi connectivity index (χ1) is 8.70. The summed E-state index contributed by atoms with van der Waals surface area (Å²) in [4.78, 5) is 17.6. The summed E-state index contributed by atoms with van der Waals surface area (Å²) >= 11 is 1.38. The molecule has 1 aliphatic rings. The average Bonchev–Trinajstić information content (AvgIpc) is 3.02. The van der Waals surface area contributed by atoms with Gasteiger partial charge in [0.25, 0.3) is 4.96 Å². The third kappa shape index (κ3) is 1.65. The molecule has 3 heterocycles. The van der Waals surface area contributed by atoms with Crippen LogP contribution in [-0.2, 0) is 0 Å². The Morgan fingerprint density at radius 3 is 3.17 bits per heavy atom. The number of aliphatic hydroxyl groups excluding tert-OH is 1. The third-order valence-corrected chi connectivity index (χ3v) is 3.99. The predicted molar refractivity (Wildman–Crippen MR) is 67.1 cm³/mol. The summed E-state index contributed by atoms with van der Waals surface area (Å²) in [5, 5.41) is 22.1. The molecule has 3 rings (SSSR count). The lowest BCUT2D eigenvalue weighted by Gasteiger charge is -2.14. The van der Waals surface area contributed by atoms with E-state index in [1.54, 1.807) is 11.6 Å². The number of hydrogen-bond donors (Lipinski definition) is 1. The Bertz CT molecular complexity index is 593. The zero-order chi connectivity index (χ0) is 12.7. The van der Waals surface area contributed by atoms with Gasteiger partial charge in [0.2, 0.25) is 5.82 Å². The van der Waals surface area contributed by atoms with Gasteiger partial charge in [-0.2, -0.15) is 9.38 Å². The fraction of sp³-hybridized carbons (Fsp3) is 0.500. The summed E-state index contributed by atoms with van der Waals surface area (Å²) in [6, 6.07) is 0.